The maximum absolute atomic E-state index is 12.4. The van der Waals surface area contributed by atoms with Gasteiger partial charge in [-0.05, 0) is 75.9 Å². The maximum Gasteiger partial charge on any atom is 0.265 e. The normalized spacial score (nSPS) is 12.9. The van der Waals surface area contributed by atoms with Gasteiger partial charge in [-0.3, -0.25) is 9.59 Å². The van der Waals surface area contributed by atoms with Crippen LogP contribution in [0.4, 0.5) is 11.4 Å². The Morgan fingerprint density at radius 3 is 2.59 bits per heavy atom. The lowest BCUT2D eigenvalue weighted by atomic mass is 10.2. The highest BCUT2D eigenvalue weighted by Crippen LogP contribution is 2.34. The van der Waals surface area contributed by atoms with Gasteiger partial charge in [0.2, 0.25) is 5.91 Å². The molecule has 1 aliphatic heterocycles. The first-order valence-electron chi connectivity index (χ1n) is 10.7. The molecule has 0 unspecified atom stereocenters. The lowest BCUT2D eigenvalue weighted by Gasteiger charge is -2.30. The quantitative estimate of drug-likeness (QED) is 0.540. The van der Waals surface area contributed by atoms with Crippen LogP contribution in [0.3, 0.4) is 0 Å². The van der Waals surface area contributed by atoms with Crippen LogP contribution in [-0.4, -0.2) is 64.2 Å². The molecule has 0 atom stereocenters. The third-order valence-corrected chi connectivity index (χ3v) is 5.05. The van der Waals surface area contributed by atoms with Crippen LogP contribution < -0.4 is 24.4 Å². The van der Waals surface area contributed by atoms with Gasteiger partial charge in [0.25, 0.3) is 5.91 Å². The number of fused-ring (bicyclic) bond motifs is 1. The first-order valence-corrected chi connectivity index (χ1v) is 10.7. The van der Waals surface area contributed by atoms with Crippen molar-refractivity contribution in [3.8, 4) is 17.2 Å². The van der Waals surface area contributed by atoms with Crippen molar-refractivity contribution in [2.45, 2.75) is 19.3 Å². The number of anilines is 2. The zero-order valence-electron chi connectivity index (χ0n) is 18.9. The SMILES string of the molecule is COc1ccc(OCCCC(=O)Nc2ccc3c(c2)N(CCCN(C)C)C(=O)CO3)cc1. The van der Waals surface area contributed by atoms with Crippen molar-refractivity contribution in [2.75, 3.05) is 57.7 Å². The zero-order chi connectivity index (χ0) is 22.9. The van der Waals surface area contributed by atoms with Gasteiger partial charge in [0.05, 0.1) is 19.4 Å². The van der Waals surface area contributed by atoms with Gasteiger partial charge in [0, 0.05) is 18.7 Å². The van der Waals surface area contributed by atoms with E-state index in [1.54, 1.807) is 30.2 Å². The Labute approximate surface area is 189 Å². The minimum absolute atomic E-state index is 0.0366. The van der Waals surface area contributed by atoms with Gasteiger partial charge in [-0.25, -0.2) is 0 Å². The summed E-state index contributed by atoms with van der Waals surface area (Å²) < 4.78 is 16.3. The fraction of sp³-hybridized carbons (Fsp3) is 0.417. The van der Waals surface area contributed by atoms with Crippen LogP contribution in [0.1, 0.15) is 19.3 Å². The number of benzene rings is 2. The van der Waals surface area contributed by atoms with E-state index in [1.165, 1.54) is 0 Å². The Morgan fingerprint density at radius 1 is 1.12 bits per heavy atom. The van der Waals surface area contributed by atoms with Crippen molar-refractivity contribution in [2.24, 2.45) is 0 Å². The predicted molar refractivity (Wildman–Crippen MR) is 124 cm³/mol. The average Bonchev–Trinajstić information content (AvgIpc) is 2.78. The number of nitrogens with zero attached hydrogens (tertiary/aromatic N) is 2. The van der Waals surface area contributed by atoms with Crippen LogP contribution in [0.25, 0.3) is 0 Å². The van der Waals surface area contributed by atoms with Crippen molar-refractivity contribution in [1.29, 1.82) is 0 Å². The van der Waals surface area contributed by atoms with Crippen LogP contribution in [-0.2, 0) is 9.59 Å². The average molecular weight is 442 g/mol. The van der Waals surface area contributed by atoms with E-state index < -0.39 is 0 Å². The highest BCUT2D eigenvalue weighted by Gasteiger charge is 2.25. The number of methoxy groups -OCH3 is 1. The van der Waals surface area contributed by atoms with E-state index in [9.17, 15) is 9.59 Å². The molecule has 0 aromatic heterocycles. The first kappa shape index (κ1) is 23.4. The Balaban J connectivity index is 1.50. The topological polar surface area (TPSA) is 80.3 Å². The first-order chi connectivity index (χ1) is 15.5. The van der Waals surface area contributed by atoms with E-state index in [1.807, 2.05) is 38.4 Å². The molecule has 2 amide bonds. The van der Waals surface area contributed by atoms with Gasteiger partial charge in [-0.2, -0.15) is 0 Å². The van der Waals surface area contributed by atoms with Crippen molar-refractivity contribution < 1.29 is 23.8 Å². The molecule has 0 saturated carbocycles. The molecule has 1 heterocycles. The Bertz CT molecular complexity index is 914. The highest BCUT2D eigenvalue weighted by atomic mass is 16.5. The summed E-state index contributed by atoms with van der Waals surface area (Å²) in [6.45, 7) is 1.96. The minimum Gasteiger partial charge on any atom is -0.497 e. The number of carbonyl (C=O) groups is 2. The summed E-state index contributed by atoms with van der Waals surface area (Å²) in [5.74, 6) is 1.98. The van der Waals surface area contributed by atoms with Crippen LogP contribution in [0.5, 0.6) is 17.2 Å². The molecule has 0 saturated heterocycles. The van der Waals surface area contributed by atoms with E-state index in [4.69, 9.17) is 14.2 Å². The van der Waals surface area contributed by atoms with Gasteiger partial charge in [0.1, 0.15) is 17.2 Å². The molecular formula is C24H31N3O5. The van der Waals surface area contributed by atoms with Crippen molar-refractivity contribution in [1.82, 2.24) is 4.90 Å². The second kappa shape index (κ2) is 11.4. The number of hydrogen-bond acceptors (Lipinski definition) is 6. The lowest BCUT2D eigenvalue weighted by Crippen LogP contribution is -2.40. The van der Waals surface area contributed by atoms with Crippen molar-refractivity contribution >= 4 is 23.2 Å². The predicted octanol–water partition coefficient (Wildman–Crippen LogP) is 3.17. The Kier molecular flexibility index (Phi) is 8.33. The zero-order valence-corrected chi connectivity index (χ0v) is 18.9. The van der Waals surface area contributed by atoms with Crippen LogP contribution in [0.15, 0.2) is 42.5 Å². The number of nitrogens with one attached hydrogen (secondary N) is 1. The Morgan fingerprint density at radius 2 is 1.88 bits per heavy atom. The molecule has 172 valence electrons. The fourth-order valence-corrected chi connectivity index (χ4v) is 3.39. The summed E-state index contributed by atoms with van der Waals surface area (Å²) in [4.78, 5) is 28.6. The van der Waals surface area contributed by atoms with Crippen LogP contribution >= 0.6 is 0 Å². The van der Waals surface area contributed by atoms with E-state index >= 15 is 0 Å². The summed E-state index contributed by atoms with van der Waals surface area (Å²) in [5, 5.41) is 2.90. The smallest absolute Gasteiger partial charge is 0.265 e. The second-order valence-electron chi connectivity index (χ2n) is 7.85. The van der Waals surface area contributed by atoms with E-state index in [0.29, 0.717) is 43.1 Å². The van der Waals surface area contributed by atoms with Gasteiger partial charge in [-0.1, -0.05) is 0 Å². The minimum atomic E-state index is -0.106. The monoisotopic (exact) mass is 441 g/mol. The number of ether oxygens (including phenoxy) is 3. The largest absolute Gasteiger partial charge is 0.497 e. The van der Waals surface area contributed by atoms with E-state index in [-0.39, 0.29) is 18.4 Å². The maximum atomic E-state index is 12.4. The standard InChI is InChI=1S/C24H31N3O5/c1-26(2)13-5-14-27-21-16-18(7-12-22(21)32-17-24(27)29)25-23(28)6-4-15-31-20-10-8-19(30-3)9-11-20/h7-12,16H,4-6,13-15,17H2,1-3H3,(H,25,28). The molecule has 3 rings (SSSR count). The summed E-state index contributed by atoms with van der Waals surface area (Å²) in [6, 6.07) is 12.7. The number of hydrogen-bond donors (Lipinski definition) is 1. The third-order valence-electron chi connectivity index (χ3n) is 5.05. The summed E-state index contributed by atoms with van der Waals surface area (Å²) in [7, 11) is 5.63. The summed E-state index contributed by atoms with van der Waals surface area (Å²) >= 11 is 0. The summed E-state index contributed by atoms with van der Waals surface area (Å²) in [5.41, 5.74) is 1.33. The molecule has 0 bridgehead atoms. The van der Waals surface area contributed by atoms with Gasteiger partial charge < -0.3 is 29.3 Å². The molecule has 1 aliphatic rings. The van der Waals surface area contributed by atoms with Crippen LogP contribution in [0.2, 0.25) is 0 Å². The van der Waals surface area contributed by atoms with Crippen LogP contribution in [0, 0.1) is 0 Å². The third kappa shape index (κ3) is 6.62. The molecule has 32 heavy (non-hydrogen) atoms. The highest BCUT2D eigenvalue weighted by molar-refractivity contribution is 5.99. The number of rotatable bonds is 11. The molecule has 2 aromatic rings. The lowest BCUT2D eigenvalue weighted by molar-refractivity contribution is -0.121. The molecule has 1 N–H and O–H groups in total. The molecule has 0 aliphatic carbocycles. The molecule has 8 heteroatoms. The van der Waals surface area contributed by atoms with E-state index in [2.05, 4.69) is 10.2 Å². The Hall–Kier alpha value is -3.26. The van der Waals surface area contributed by atoms with Gasteiger partial charge >= 0.3 is 0 Å². The molecule has 8 nitrogen and oxygen atoms in total. The number of carbonyl (C=O) groups excluding carboxylic acids is 2. The molecule has 0 fully saturated rings. The molecule has 2 aromatic carbocycles. The molecular weight excluding hydrogens is 410 g/mol. The summed E-state index contributed by atoms with van der Waals surface area (Å²) in [6.07, 6.45) is 1.76. The number of amides is 2. The second-order valence-corrected chi connectivity index (χ2v) is 7.85. The van der Waals surface area contributed by atoms with Crippen molar-refractivity contribution in [3.63, 3.8) is 0 Å². The van der Waals surface area contributed by atoms with Gasteiger partial charge in [0.15, 0.2) is 6.61 Å². The molecule has 0 radical (unpaired) electrons. The van der Waals surface area contributed by atoms with E-state index in [0.717, 1.165) is 24.5 Å². The van der Waals surface area contributed by atoms with Gasteiger partial charge in [-0.15, -0.1) is 0 Å². The van der Waals surface area contributed by atoms with Crippen molar-refractivity contribution in [3.05, 3.63) is 42.5 Å². The fourth-order valence-electron chi connectivity index (χ4n) is 3.39. The molecule has 0 spiro atoms.